The highest BCUT2D eigenvalue weighted by Gasteiger charge is 2.28. The third-order valence-electron chi connectivity index (χ3n) is 3.90. The number of hydrazone groups is 1. The number of amides is 1. The van der Waals surface area contributed by atoms with Crippen LogP contribution in [0.15, 0.2) is 53.6 Å². The molecular formula is C19H23N3O5S. The van der Waals surface area contributed by atoms with E-state index in [1.165, 1.54) is 27.4 Å². The minimum atomic E-state index is -3.67. The van der Waals surface area contributed by atoms with Crippen LogP contribution in [0.25, 0.3) is 0 Å². The molecule has 0 aliphatic carbocycles. The number of rotatable bonds is 8. The molecule has 2 aromatic rings. The fraction of sp³-hybridized carbons (Fsp3) is 0.263. The van der Waals surface area contributed by atoms with Gasteiger partial charge < -0.3 is 9.47 Å². The van der Waals surface area contributed by atoms with Gasteiger partial charge in [0.1, 0.15) is 6.04 Å². The summed E-state index contributed by atoms with van der Waals surface area (Å²) in [6.07, 6.45) is 2.48. The van der Waals surface area contributed by atoms with Gasteiger partial charge in [-0.15, -0.1) is 0 Å². The lowest BCUT2D eigenvalue weighted by Gasteiger charge is -2.27. The fourth-order valence-corrected chi connectivity index (χ4v) is 3.76. The van der Waals surface area contributed by atoms with Crippen molar-refractivity contribution in [3.8, 4) is 11.5 Å². The van der Waals surface area contributed by atoms with Gasteiger partial charge >= 0.3 is 0 Å². The molecule has 0 spiro atoms. The topological polar surface area (TPSA) is 97.3 Å². The van der Waals surface area contributed by atoms with E-state index in [4.69, 9.17) is 9.47 Å². The van der Waals surface area contributed by atoms with Crippen LogP contribution < -0.4 is 19.2 Å². The van der Waals surface area contributed by atoms with Crippen molar-refractivity contribution in [3.05, 3.63) is 54.1 Å². The molecule has 9 heteroatoms. The summed E-state index contributed by atoms with van der Waals surface area (Å²) in [5.41, 5.74) is 3.45. The number of carbonyl (C=O) groups is 1. The minimum Gasteiger partial charge on any atom is -0.493 e. The Morgan fingerprint density at radius 2 is 1.75 bits per heavy atom. The van der Waals surface area contributed by atoms with Crippen LogP contribution in [0.4, 0.5) is 5.69 Å². The van der Waals surface area contributed by atoms with Gasteiger partial charge in [-0.3, -0.25) is 9.10 Å². The van der Waals surface area contributed by atoms with E-state index in [0.717, 1.165) is 10.6 Å². The molecule has 0 bridgehead atoms. The number of hydrogen-bond acceptors (Lipinski definition) is 6. The Hall–Kier alpha value is -3.07. The molecule has 0 radical (unpaired) electrons. The molecule has 8 nitrogen and oxygen atoms in total. The quantitative estimate of drug-likeness (QED) is 0.535. The predicted molar refractivity (Wildman–Crippen MR) is 109 cm³/mol. The summed E-state index contributed by atoms with van der Waals surface area (Å²) in [5, 5.41) is 3.91. The summed E-state index contributed by atoms with van der Waals surface area (Å²) in [5.74, 6) is 0.536. The molecule has 150 valence electrons. The number of sulfonamides is 1. The number of anilines is 1. The van der Waals surface area contributed by atoms with Crippen molar-refractivity contribution in [2.45, 2.75) is 13.0 Å². The highest BCUT2D eigenvalue weighted by molar-refractivity contribution is 7.92. The van der Waals surface area contributed by atoms with Gasteiger partial charge in [0.15, 0.2) is 11.5 Å². The number of benzene rings is 2. The van der Waals surface area contributed by atoms with Crippen molar-refractivity contribution in [2.75, 3.05) is 24.8 Å². The number of ether oxygens (including phenoxy) is 2. The maximum Gasteiger partial charge on any atom is 0.263 e. The third-order valence-corrected chi connectivity index (χ3v) is 5.14. The van der Waals surface area contributed by atoms with E-state index < -0.39 is 22.0 Å². The van der Waals surface area contributed by atoms with Gasteiger partial charge in [-0.1, -0.05) is 18.2 Å². The number of nitrogens with zero attached hydrogens (tertiary/aromatic N) is 2. The lowest BCUT2D eigenvalue weighted by molar-refractivity contribution is -0.121. The third kappa shape index (κ3) is 5.23. The van der Waals surface area contributed by atoms with Crippen LogP contribution in [0.1, 0.15) is 12.5 Å². The summed E-state index contributed by atoms with van der Waals surface area (Å²) < 4.78 is 35.8. The van der Waals surface area contributed by atoms with Gasteiger partial charge in [0.05, 0.1) is 32.4 Å². The molecule has 1 atom stereocenters. The summed E-state index contributed by atoms with van der Waals surface area (Å²) >= 11 is 0. The monoisotopic (exact) mass is 405 g/mol. The van der Waals surface area contributed by atoms with Crippen LogP contribution in [0, 0.1) is 0 Å². The van der Waals surface area contributed by atoms with Gasteiger partial charge in [-0.25, -0.2) is 13.8 Å². The van der Waals surface area contributed by atoms with E-state index in [2.05, 4.69) is 10.5 Å². The van der Waals surface area contributed by atoms with Gasteiger partial charge in [0.2, 0.25) is 10.0 Å². The maximum absolute atomic E-state index is 12.4. The van der Waals surface area contributed by atoms with Crippen molar-refractivity contribution in [1.82, 2.24) is 5.43 Å². The molecule has 0 unspecified atom stereocenters. The van der Waals surface area contributed by atoms with Crippen LogP contribution in [0.2, 0.25) is 0 Å². The Balaban J connectivity index is 2.14. The Bertz CT molecular complexity index is 945. The Morgan fingerprint density at radius 1 is 1.11 bits per heavy atom. The van der Waals surface area contributed by atoms with Crippen LogP contribution in [-0.2, 0) is 14.8 Å². The second-order valence-corrected chi connectivity index (χ2v) is 7.78. The highest BCUT2D eigenvalue weighted by atomic mass is 32.2. The molecule has 1 amide bonds. The van der Waals surface area contributed by atoms with E-state index in [-0.39, 0.29) is 0 Å². The number of para-hydroxylation sites is 1. The molecule has 0 saturated carbocycles. The molecule has 2 aromatic carbocycles. The minimum absolute atomic E-state index is 0.400. The van der Waals surface area contributed by atoms with E-state index >= 15 is 0 Å². The summed E-state index contributed by atoms with van der Waals surface area (Å²) in [6.45, 7) is 1.50. The first-order valence-corrected chi connectivity index (χ1v) is 10.2. The lowest BCUT2D eigenvalue weighted by atomic mass is 10.2. The molecule has 0 aliphatic rings. The zero-order valence-electron chi connectivity index (χ0n) is 16.1. The molecule has 0 saturated heterocycles. The van der Waals surface area contributed by atoms with Gasteiger partial charge in [-0.05, 0) is 42.8 Å². The van der Waals surface area contributed by atoms with Crippen molar-refractivity contribution in [1.29, 1.82) is 0 Å². The molecule has 0 heterocycles. The van der Waals surface area contributed by atoms with Crippen molar-refractivity contribution in [3.63, 3.8) is 0 Å². The molecule has 2 rings (SSSR count). The summed E-state index contributed by atoms with van der Waals surface area (Å²) in [4.78, 5) is 12.4. The number of hydrogen-bond donors (Lipinski definition) is 1. The van der Waals surface area contributed by atoms with Crippen molar-refractivity contribution in [2.24, 2.45) is 5.10 Å². The fourth-order valence-electron chi connectivity index (χ4n) is 2.58. The van der Waals surface area contributed by atoms with E-state index in [9.17, 15) is 13.2 Å². The highest BCUT2D eigenvalue weighted by Crippen LogP contribution is 2.26. The zero-order valence-corrected chi connectivity index (χ0v) is 16.9. The molecule has 1 N–H and O–H groups in total. The SMILES string of the molecule is COc1ccc(/C=N\NC(=O)[C@H](C)N(c2ccccc2)S(C)(=O)=O)cc1OC. The van der Waals surface area contributed by atoms with Crippen LogP contribution >= 0.6 is 0 Å². The van der Waals surface area contributed by atoms with Crippen LogP contribution in [0.3, 0.4) is 0 Å². The number of carbonyl (C=O) groups excluding carboxylic acids is 1. The maximum atomic E-state index is 12.4. The first-order chi connectivity index (χ1) is 13.3. The molecule has 0 aromatic heterocycles. The first kappa shape index (κ1) is 21.2. The van der Waals surface area contributed by atoms with E-state index in [1.807, 2.05) is 0 Å². The smallest absolute Gasteiger partial charge is 0.263 e. The Morgan fingerprint density at radius 3 is 2.32 bits per heavy atom. The van der Waals surface area contributed by atoms with Gasteiger partial charge in [0.25, 0.3) is 5.91 Å². The average molecular weight is 405 g/mol. The van der Waals surface area contributed by atoms with Gasteiger partial charge in [0, 0.05) is 0 Å². The second kappa shape index (κ2) is 9.23. The second-order valence-electron chi connectivity index (χ2n) is 5.92. The van der Waals surface area contributed by atoms with Crippen LogP contribution in [-0.4, -0.2) is 47.1 Å². The molecule has 0 fully saturated rings. The van der Waals surface area contributed by atoms with Gasteiger partial charge in [-0.2, -0.15) is 5.10 Å². The Kier molecular flexibility index (Phi) is 7.00. The van der Waals surface area contributed by atoms with Crippen molar-refractivity contribution >= 4 is 27.8 Å². The average Bonchev–Trinajstić information content (AvgIpc) is 2.67. The first-order valence-electron chi connectivity index (χ1n) is 8.37. The summed E-state index contributed by atoms with van der Waals surface area (Å²) in [7, 11) is -0.611. The molecule has 28 heavy (non-hydrogen) atoms. The number of methoxy groups -OCH3 is 2. The molecule has 0 aliphatic heterocycles. The van der Waals surface area contributed by atoms with Crippen molar-refractivity contribution < 1.29 is 22.7 Å². The number of nitrogens with one attached hydrogen (secondary N) is 1. The Labute approximate surface area is 164 Å². The largest absolute Gasteiger partial charge is 0.493 e. The predicted octanol–water partition coefficient (Wildman–Crippen LogP) is 2.01. The lowest BCUT2D eigenvalue weighted by Crippen LogP contribution is -2.46. The van der Waals surface area contributed by atoms with E-state index in [0.29, 0.717) is 22.7 Å². The standard InChI is InChI=1S/C19H23N3O5S/c1-14(22(28(4,24)25)16-8-6-5-7-9-16)19(23)21-20-13-15-10-11-17(26-2)18(12-15)27-3/h5-14H,1-4H3,(H,21,23)/b20-13-/t14-/m0/s1. The summed E-state index contributed by atoms with van der Waals surface area (Å²) in [6, 6.07) is 12.6. The van der Waals surface area contributed by atoms with E-state index in [1.54, 1.807) is 48.5 Å². The zero-order chi connectivity index (χ0) is 20.7. The van der Waals surface area contributed by atoms with Crippen LogP contribution in [0.5, 0.6) is 11.5 Å². The normalized spacial score (nSPS) is 12.4. The molecular weight excluding hydrogens is 382 g/mol.